The lowest BCUT2D eigenvalue weighted by atomic mass is 9.53. The van der Waals surface area contributed by atoms with Crippen LogP contribution in [0.3, 0.4) is 0 Å². The van der Waals surface area contributed by atoms with Gasteiger partial charge in [-0.25, -0.2) is 0 Å². The minimum atomic E-state index is -0.800. The molecule has 0 aromatic heterocycles. The number of hydrogen-bond donors (Lipinski definition) is 1. The third-order valence-electron chi connectivity index (χ3n) is 7.39. The fourth-order valence-corrected chi connectivity index (χ4v) is 6.57. The largest absolute Gasteiger partial charge is 0.384 e. The Morgan fingerprint density at radius 3 is 2.17 bits per heavy atom. The van der Waals surface area contributed by atoms with Crippen LogP contribution in [0.15, 0.2) is 53.6 Å². The first-order valence-electron chi connectivity index (χ1n) is 9.80. The number of benzene rings is 1. The van der Waals surface area contributed by atoms with E-state index in [-0.39, 0.29) is 5.92 Å². The highest BCUT2D eigenvalue weighted by Gasteiger charge is 2.48. The molecule has 5 aliphatic rings. The third kappa shape index (κ3) is 2.17. The molecule has 0 spiro atoms. The lowest BCUT2D eigenvalue weighted by molar-refractivity contribution is 0.0233. The second kappa shape index (κ2) is 5.33. The first kappa shape index (κ1) is 15.0. The lowest BCUT2D eigenvalue weighted by Gasteiger charge is -2.53. The highest BCUT2D eigenvalue weighted by molar-refractivity contribution is 5.39. The zero-order chi connectivity index (χ0) is 16.3. The Labute approximate surface area is 145 Å². The van der Waals surface area contributed by atoms with Gasteiger partial charge < -0.3 is 5.11 Å². The molecule has 1 heteroatoms. The Morgan fingerprint density at radius 2 is 1.54 bits per heavy atom. The van der Waals surface area contributed by atoms with Crippen LogP contribution in [0.1, 0.15) is 51.0 Å². The molecule has 24 heavy (non-hydrogen) atoms. The van der Waals surface area contributed by atoms with Crippen molar-refractivity contribution in [1.29, 1.82) is 0 Å². The fourth-order valence-electron chi connectivity index (χ4n) is 6.57. The van der Waals surface area contributed by atoms with Crippen molar-refractivity contribution in [3.05, 3.63) is 59.2 Å². The molecule has 2 atom stereocenters. The highest BCUT2D eigenvalue weighted by atomic mass is 16.3. The zero-order valence-corrected chi connectivity index (χ0v) is 14.6. The molecule has 126 valence electrons. The summed E-state index contributed by atoms with van der Waals surface area (Å²) in [4.78, 5) is 0. The zero-order valence-electron chi connectivity index (χ0n) is 14.6. The summed E-state index contributed by atoms with van der Waals surface area (Å²) in [6, 6.07) is 10.3. The van der Waals surface area contributed by atoms with Gasteiger partial charge in [-0.1, -0.05) is 53.6 Å². The molecule has 6 rings (SSSR count). The number of hydrogen-bond acceptors (Lipinski definition) is 1. The van der Waals surface area contributed by atoms with E-state index in [1.807, 2.05) is 25.1 Å². The van der Waals surface area contributed by atoms with Crippen molar-refractivity contribution in [3.63, 3.8) is 0 Å². The maximum atomic E-state index is 11.4. The van der Waals surface area contributed by atoms with Gasteiger partial charge in [0.25, 0.3) is 0 Å². The van der Waals surface area contributed by atoms with Crippen LogP contribution in [-0.4, -0.2) is 5.11 Å². The second-order valence-electron chi connectivity index (χ2n) is 8.91. The summed E-state index contributed by atoms with van der Waals surface area (Å²) in [6.45, 7) is 2.01. The molecule has 5 aliphatic carbocycles. The Hall–Kier alpha value is -1.34. The van der Waals surface area contributed by atoms with Crippen LogP contribution in [0.5, 0.6) is 0 Å². The quantitative estimate of drug-likeness (QED) is 0.740. The molecule has 0 radical (unpaired) electrons. The summed E-state index contributed by atoms with van der Waals surface area (Å²) in [5.74, 6) is 3.81. The molecule has 0 aliphatic heterocycles. The normalized spacial score (nSPS) is 39.5. The highest BCUT2D eigenvalue weighted by Crippen LogP contribution is 2.59. The van der Waals surface area contributed by atoms with Gasteiger partial charge in [0.15, 0.2) is 0 Å². The molecule has 1 nitrogen and oxygen atoms in total. The first-order chi connectivity index (χ1) is 11.6. The summed E-state index contributed by atoms with van der Waals surface area (Å²) in [5, 5.41) is 11.4. The lowest BCUT2D eigenvalue weighted by Crippen LogP contribution is -2.42. The molecular weight excluding hydrogens is 292 g/mol. The van der Waals surface area contributed by atoms with Gasteiger partial charge in [0.1, 0.15) is 0 Å². The van der Waals surface area contributed by atoms with Gasteiger partial charge in [-0.3, -0.25) is 0 Å². The number of rotatable bonds is 2. The van der Waals surface area contributed by atoms with Crippen molar-refractivity contribution >= 4 is 0 Å². The van der Waals surface area contributed by atoms with Crippen molar-refractivity contribution in [2.45, 2.75) is 51.0 Å². The van der Waals surface area contributed by atoms with Crippen molar-refractivity contribution in [2.24, 2.45) is 29.6 Å². The molecule has 0 saturated heterocycles. The minimum Gasteiger partial charge on any atom is -0.384 e. The van der Waals surface area contributed by atoms with E-state index in [0.29, 0.717) is 0 Å². The van der Waals surface area contributed by atoms with E-state index in [0.717, 1.165) is 35.7 Å². The number of allylic oxidation sites excluding steroid dienone is 2. The van der Waals surface area contributed by atoms with Crippen molar-refractivity contribution < 1.29 is 5.11 Å². The fraction of sp³-hybridized carbons (Fsp3) is 0.565. The maximum absolute atomic E-state index is 11.4. The summed E-state index contributed by atoms with van der Waals surface area (Å²) in [6.07, 6.45) is 12.8. The van der Waals surface area contributed by atoms with Crippen LogP contribution in [-0.2, 0) is 5.60 Å². The first-order valence-corrected chi connectivity index (χ1v) is 9.80. The van der Waals surface area contributed by atoms with Crippen molar-refractivity contribution in [1.82, 2.24) is 0 Å². The Balaban J connectivity index is 1.55. The van der Waals surface area contributed by atoms with E-state index in [4.69, 9.17) is 0 Å². The Bertz CT molecular complexity index is 664. The van der Waals surface area contributed by atoms with E-state index < -0.39 is 5.60 Å². The summed E-state index contributed by atoms with van der Waals surface area (Å²) in [7, 11) is 0. The van der Waals surface area contributed by atoms with Crippen LogP contribution in [0.2, 0.25) is 0 Å². The Kier molecular flexibility index (Phi) is 3.32. The molecule has 4 fully saturated rings. The van der Waals surface area contributed by atoms with Crippen molar-refractivity contribution in [3.8, 4) is 0 Å². The van der Waals surface area contributed by atoms with E-state index in [1.165, 1.54) is 32.1 Å². The molecule has 4 bridgehead atoms. The molecule has 0 amide bonds. The minimum absolute atomic E-state index is 0.160. The van der Waals surface area contributed by atoms with Crippen LogP contribution in [0.25, 0.3) is 0 Å². The van der Waals surface area contributed by atoms with Gasteiger partial charge in [-0.15, -0.1) is 0 Å². The molecule has 1 aromatic rings. The average molecular weight is 320 g/mol. The SMILES string of the molecule is C[C@@](O)(c1ccccc1)[C@H]1C=CCC1=C1C2CC3CC(C2)CC1C3. The predicted molar refractivity (Wildman–Crippen MR) is 97.3 cm³/mol. The molecule has 0 unspecified atom stereocenters. The smallest absolute Gasteiger partial charge is 0.0968 e. The molecule has 0 heterocycles. The van der Waals surface area contributed by atoms with E-state index in [2.05, 4.69) is 24.3 Å². The predicted octanol–water partition coefficient (Wildman–Crippen LogP) is 5.22. The van der Waals surface area contributed by atoms with Crippen LogP contribution in [0.4, 0.5) is 0 Å². The van der Waals surface area contributed by atoms with Gasteiger partial charge in [0, 0.05) is 5.92 Å². The summed E-state index contributed by atoms with van der Waals surface area (Å²) in [5.41, 5.74) is 3.58. The molecular formula is C23H28O. The van der Waals surface area contributed by atoms with E-state index >= 15 is 0 Å². The van der Waals surface area contributed by atoms with Gasteiger partial charge in [0.05, 0.1) is 5.60 Å². The van der Waals surface area contributed by atoms with Gasteiger partial charge in [-0.05, 0) is 74.7 Å². The van der Waals surface area contributed by atoms with Gasteiger partial charge >= 0.3 is 0 Å². The third-order valence-corrected chi connectivity index (χ3v) is 7.39. The van der Waals surface area contributed by atoms with Crippen LogP contribution >= 0.6 is 0 Å². The van der Waals surface area contributed by atoms with Gasteiger partial charge in [0.2, 0.25) is 0 Å². The van der Waals surface area contributed by atoms with Crippen LogP contribution < -0.4 is 0 Å². The van der Waals surface area contributed by atoms with E-state index in [1.54, 1.807) is 11.1 Å². The van der Waals surface area contributed by atoms with E-state index in [9.17, 15) is 5.11 Å². The monoisotopic (exact) mass is 320 g/mol. The molecule has 4 saturated carbocycles. The average Bonchev–Trinajstić information content (AvgIpc) is 3.05. The second-order valence-corrected chi connectivity index (χ2v) is 8.91. The molecule has 1 N–H and O–H groups in total. The summed E-state index contributed by atoms with van der Waals surface area (Å²) >= 11 is 0. The number of aliphatic hydroxyl groups is 1. The maximum Gasteiger partial charge on any atom is 0.0968 e. The van der Waals surface area contributed by atoms with Crippen molar-refractivity contribution in [2.75, 3.05) is 0 Å². The standard InChI is InChI=1S/C23H28O/c1-23(24,19-6-3-2-4-7-19)21-9-5-8-20(21)22-17-11-15-10-16(13-17)14-18(22)12-15/h2-7,9,15-18,21,24H,8,10-14H2,1H3/t15?,16?,17?,18?,21-,23+/m0/s1. The van der Waals surface area contributed by atoms with Crippen LogP contribution in [0, 0.1) is 29.6 Å². The van der Waals surface area contributed by atoms with Gasteiger partial charge in [-0.2, -0.15) is 0 Å². The Morgan fingerprint density at radius 1 is 0.917 bits per heavy atom. The topological polar surface area (TPSA) is 20.2 Å². The summed E-state index contributed by atoms with van der Waals surface area (Å²) < 4.78 is 0. The molecule has 1 aromatic carbocycles.